The van der Waals surface area contributed by atoms with Crippen molar-refractivity contribution in [1.82, 2.24) is 4.31 Å². The van der Waals surface area contributed by atoms with Crippen LogP contribution in [0.4, 0.5) is 5.69 Å². The van der Waals surface area contributed by atoms with Crippen molar-refractivity contribution in [2.75, 3.05) is 38.2 Å². The molecule has 1 aliphatic rings. The zero-order valence-electron chi connectivity index (χ0n) is 16.9. The molecule has 1 fully saturated rings. The van der Waals surface area contributed by atoms with E-state index < -0.39 is 28.5 Å². The normalized spacial score (nSPS) is 14.9. The Kier molecular flexibility index (Phi) is 6.86. The van der Waals surface area contributed by atoms with Gasteiger partial charge in [0.2, 0.25) is 10.0 Å². The van der Waals surface area contributed by atoms with Crippen LogP contribution in [-0.2, 0) is 24.3 Å². The number of esters is 1. The van der Waals surface area contributed by atoms with E-state index >= 15 is 0 Å². The van der Waals surface area contributed by atoms with E-state index in [-0.39, 0.29) is 10.5 Å². The number of rotatable bonds is 6. The van der Waals surface area contributed by atoms with Crippen LogP contribution in [0.5, 0.6) is 0 Å². The summed E-state index contributed by atoms with van der Waals surface area (Å²) in [7, 11) is -3.63. The highest BCUT2D eigenvalue weighted by Crippen LogP contribution is 2.18. The van der Waals surface area contributed by atoms with Gasteiger partial charge in [-0.3, -0.25) is 4.79 Å². The number of benzene rings is 2. The number of nitrogens with one attached hydrogen (secondary N) is 1. The molecule has 2 aromatic carbocycles. The lowest BCUT2D eigenvalue weighted by Crippen LogP contribution is -2.40. The minimum atomic E-state index is -3.63. The Morgan fingerprint density at radius 1 is 1.03 bits per heavy atom. The van der Waals surface area contributed by atoms with E-state index in [0.717, 1.165) is 11.1 Å². The molecule has 1 amide bonds. The van der Waals surface area contributed by atoms with Gasteiger partial charge in [-0.1, -0.05) is 6.07 Å². The van der Waals surface area contributed by atoms with Crippen molar-refractivity contribution in [3.8, 4) is 0 Å². The van der Waals surface area contributed by atoms with Crippen molar-refractivity contribution in [3.05, 3.63) is 59.2 Å². The molecule has 0 bridgehead atoms. The van der Waals surface area contributed by atoms with Gasteiger partial charge in [0.1, 0.15) is 0 Å². The molecule has 30 heavy (non-hydrogen) atoms. The number of amides is 1. The van der Waals surface area contributed by atoms with Gasteiger partial charge in [0, 0.05) is 18.8 Å². The Labute approximate surface area is 175 Å². The largest absolute Gasteiger partial charge is 0.452 e. The van der Waals surface area contributed by atoms with Crippen molar-refractivity contribution in [2.45, 2.75) is 18.7 Å². The minimum absolute atomic E-state index is 0.0911. The van der Waals surface area contributed by atoms with Gasteiger partial charge in [0.05, 0.1) is 23.7 Å². The lowest BCUT2D eigenvalue weighted by atomic mass is 10.1. The van der Waals surface area contributed by atoms with E-state index in [2.05, 4.69) is 5.32 Å². The summed E-state index contributed by atoms with van der Waals surface area (Å²) in [5.41, 5.74) is 2.93. The number of carbonyl (C=O) groups is 2. The molecule has 9 heteroatoms. The first-order valence-electron chi connectivity index (χ1n) is 9.49. The fraction of sp³-hybridized carbons (Fsp3) is 0.333. The van der Waals surface area contributed by atoms with Gasteiger partial charge in [-0.15, -0.1) is 0 Å². The Morgan fingerprint density at radius 3 is 2.33 bits per heavy atom. The molecule has 0 aliphatic carbocycles. The standard InChI is InChI=1S/C21H24N2O6S/c1-15-3-6-18(13-16(15)2)22-20(24)14-29-21(25)17-4-7-19(8-5-17)30(26,27)23-9-11-28-12-10-23/h3-8,13H,9-12,14H2,1-2H3,(H,22,24). The monoisotopic (exact) mass is 432 g/mol. The Bertz CT molecular complexity index is 1030. The number of anilines is 1. The van der Waals surface area contributed by atoms with Crippen LogP contribution in [-0.4, -0.2) is 57.5 Å². The van der Waals surface area contributed by atoms with Crippen molar-refractivity contribution < 1.29 is 27.5 Å². The van der Waals surface area contributed by atoms with Crippen molar-refractivity contribution in [3.63, 3.8) is 0 Å². The van der Waals surface area contributed by atoms with Crippen LogP contribution in [0.1, 0.15) is 21.5 Å². The van der Waals surface area contributed by atoms with E-state index in [1.807, 2.05) is 26.0 Å². The molecule has 0 spiro atoms. The number of hydrogen-bond donors (Lipinski definition) is 1. The fourth-order valence-corrected chi connectivity index (χ4v) is 4.34. The first-order valence-corrected chi connectivity index (χ1v) is 10.9. The van der Waals surface area contributed by atoms with Crippen LogP contribution < -0.4 is 5.32 Å². The van der Waals surface area contributed by atoms with E-state index in [4.69, 9.17) is 9.47 Å². The predicted octanol–water partition coefficient (Wildman–Crippen LogP) is 2.12. The number of aryl methyl sites for hydroxylation is 2. The van der Waals surface area contributed by atoms with Gasteiger partial charge in [0.15, 0.2) is 6.61 Å². The maximum absolute atomic E-state index is 12.6. The number of hydrogen-bond acceptors (Lipinski definition) is 6. The summed E-state index contributed by atoms with van der Waals surface area (Å²) in [6, 6.07) is 11.0. The van der Waals surface area contributed by atoms with Crippen LogP contribution in [0, 0.1) is 13.8 Å². The van der Waals surface area contributed by atoms with Gasteiger partial charge in [0.25, 0.3) is 5.91 Å². The van der Waals surface area contributed by atoms with Crippen molar-refractivity contribution in [1.29, 1.82) is 0 Å². The van der Waals surface area contributed by atoms with Crippen LogP contribution in [0.15, 0.2) is 47.4 Å². The smallest absolute Gasteiger partial charge is 0.338 e. The van der Waals surface area contributed by atoms with Crippen LogP contribution in [0.25, 0.3) is 0 Å². The van der Waals surface area contributed by atoms with Gasteiger partial charge >= 0.3 is 5.97 Å². The number of ether oxygens (including phenoxy) is 2. The summed E-state index contributed by atoms with van der Waals surface area (Å²) < 4.78 is 36.8. The molecule has 3 rings (SSSR count). The number of nitrogens with zero attached hydrogens (tertiary/aromatic N) is 1. The quantitative estimate of drug-likeness (QED) is 0.702. The van der Waals surface area contributed by atoms with Crippen molar-refractivity contribution >= 4 is 27.6 Å². The third kappa shape index (κ3) is 5.24. The molecule has 8 nitrogen and oxygen atoms in total. The fourth-order valence-electron chi connectivity index (χ4n) is 2.93. The predicted molar refractivity (Wildman–Crippen MR) is 111 cm³/mol. The molecule has 0 atom stereocenters. The zero-order chi connectivity index (χ0) is 21.7. The molecule has 1 heterocycles. The first-order chi connectivity index (χ1) is 14.3. The third-order valence-electron chi connectivity index (χ3n) is 4.82. The molecule has 0 saturated carbocycles. The van der Waals surface area contributed by atoms with Crippen LogP contribution in [0.2, 0.25) is 0 Å². The highest BCUT2D eigenvalue weighted by Gasteiger charge is 2.26. The molecule has 1 N–H and O–H groups in total. The van der Waals surface area contributed by atoms with Crippen LogP contribution >= 0.6 is 0 Å². The molecule has 1 aliphatic heterocycles. The maximum Gasteiger partial charge on any atom is 0.338 e. The lowest BCUT2D eigenvalue weighted by molar-refractivity contribution is -0.119. The first kappa shape index (κ1) is 21.9. The molecule has 160 valence electrons. The molecule has 1 saturated heterocycles. The Balaban J connectivity index is 1.56. The minimum Gasteiger partial charge on any atom is -0.452 e. The molecule has 0 unspecified atom stereocenters. The summed E-state index contributed by atoms with van der Waals surface area (Å²) in [4.78, 5) is 24.3. The highest BCUT2D eigenvalue weighted by molar-refractivity contribution is 7.89. The number of sulfonamides is 1. The second kappa shape index (κ2) is 9.38. The Hall–Kier alpha value is -2.75. The second-order valence-corrected chi connectivity index (χ2v) is 8.90. The molecule has 2 aromatic rings. The maximum atomic E-state index is 12.6. The van der Waals surface area contributed by atoms with Crippen molar-refractivity contribution in [2.24, 2.45) is 0 Å². The van der Waals surface area contributed by atoms with Gasteiger partial charge in [-0.05, 0) is 61.4 Å². The topological polar surface area (TPSA) is 102 Å². The van der Waals surface area contributed by atoms with E-state index in [1.165, 1.54) is 28.6 Å². The lowest BCUT2D eigenvalue weighted by Gasteiger charge is -2.26. The molecular formula is C21H24N2O6S. The average molecular weight is 432 g/mol. The summed E-state index contributed by atoms with van der Waals surface area (Å²) in [6.45, 7) is 4.76. The highest BCUT2D eigenvalue weighted by atomic mass is 32.2. The Morgan fingerprint density at radius 2 is 1.70 bits per heavy atom. The van der Waals surface area contributed by atoms with E-state index in [9.17, 15) is 18.0 Å². The van der Waals surface area contributed by atoms with Gasteiger partial charge in [-0.2, -0.15) is 4.31 Å². The SMILES string of the molecule is Cc1ccc(NC(=O)COC(=O)c2ccc(S(=O)(=O)N3CCOCC3)cc2)cc1C. The van der Waals surface area contributed by atoms with Gasteiger partial charge in [-0.25, -0.2) is 13.2 Å². The summed E-state index contributed by atoms with van der Waals surface area (Å²) >= 11 is 0. The molecular weight excluding hydrogens is 408 g/mol. The molecule has 0 aromatic heterocycles. The number of carbonyl (C=O) groups excluding carboxylic acids is 2. The number of morpholine rings is 1. The third-order valence-corrected chi connectivity index (χ3v) is 6.74. The average Bonchev–Trinajstić information content (AvgIpc) is 2.75. The van der Waals surface area contributed by atoms with E-state index in [0.29, 0.717) is 32.0 Å². The summed E-state index contributed by atoms with van der Waals surface area (Å²) in [6.07, 6.45) is 0. The second-order valence-electron chi connectivity index (χ2n) is 6.96. The summed E-state index contributed by atoms with van der Waals surface area (Å²) in [5, 5.41) is 2.67. The van der Waals surface area contributed by atoms with E-state index in [1.54, 1.807) is 6.07 Å². The van der Waals surface area contributed by atoms with Crippen LogP contribution in [0.3, 0.4) is 0 Å². The molecule has 0 radical (unpaired) electrons. The zero-order valence-corrected chi connectivity index (χ0v) is 17.7. The van der Waals surface area contributed by atoms with Gasteiger partial charge < -0.3 is 14.8 Å². The summed E-state index contributed by atoms with van der Waals surface area (Å²) in [5.74, 6) is -1.17.